The quantitative estimate of drug-likeness (QED) is 0.535. The molecular formula is C27H26N6O2. The number of carbonyl (C=O) groups excluding carboxylic acids is 1. The van der Waals surface area contributed by atoms with Gasteiger partial charge in [0.25, 0.3) is 5.91 Å². The molecule has 2 atom stereocenters. The Balaban J connectivity index is 1.14. The molecule has 8 heteroatoms. The van der Waals surface area contributed by atoms with Crippen molar-refractivity contribution in [1.29, 1.82) is 0 Å². The van der Waals surface area contributed by atoms with Gasteiger partial charge in [0, 0.05) is 47.6 Å². The van der Waals surface area contributed by atoms with Crippen LogP contribution in [0.1, 0.15) is 47.7 Å². The van der Waals surface area contributed by atoms with Gasteiger partial charge in [-0.05, 0) is 62.1 Å². The number of aromatic nitrogens is 2. The van der Waals surface area contributed by atoms with Gasteiger partial charge in [0.1, 0.15) is 11.9 Å². The van der Waals surface area contributed by atoms with E-state index >= 15 is 0 Å². The summed E-state index contributed by atoms with van der Waals surface area (Å²) in [4.78, 5) is 28.7. The second-order valence-corrected chi connectivity index (χ2v) is 9.64. The van der Waals surface area contributed by atoms with E-state index in [1.165, 1.54) is 12.8 Å². The molecule has 1 amide bonds. The molecule has 0 spiro atoms. The van der Waals surface area contributed by atoms with E-state index in [-0.39, 0.29) is 18.2 Å². The van der Waals surface area contributed by atoms with Gasteiger partial charge in [-0.3, -0.25) is 4.79 Å². The Morgan fingerprint density at radius 3 is 2.83 bits per heavy atom. The van der Waals surface area contributed by atoms with Crippen LogP contribution in [0.4, 0.5) is 17.3 Å². The summed E-state index contributed by atoms with van der Waals surface area (Å²) in [5, 5.41) is 6.72. The lowest BCUT2D eigenvalue weighted by molar-refractivity contribution is 0.0793. The summed E-state index contributed by atoms with van der Waals surface area (Å²) in [6, 6.07) is 15.7. The number of amidine groups is 1. The van der Waals surface area contributed by atoms with Crippen molar-refractivity contribution in [1.82, 2.24) is 20.2 Å². The molecule has 2 N–H and O–H groups in total. The maximum Gasteiger partial charge on any atom is 0.253 e. The maximum absolute atomic E-state index is 12.8. The molecule has 3 fully saturated rings. The van der Waals surface area contributed by atoms with Crippen LogP contribution in [0, 0.1) is 5.92 Å². The highest BCUT2D eigenvalue weighted by Gasteiger charge is 2.46. The van der Waals surface area contributed by atoms with E-state index in [4.69, 9.17) is 14.7 Å². The largest absolute Gasteiger partial charge is 0.346 e. The predicted molar refractivity (Wildman–Crippen MR) is 133 cm³/mol. The monoisotopic (exact) mass is 466 g/mol. The summed E-state index contributed by atoms with van der Waals surface area (Å²) in [6.07, 6.45) is 6.34. The Morgan fingerprint density at radius 1 is 1.09 bits per heavy atom. The van der Waals surface area contributed by atoms with Gasteiger partial charge in [-0.1, -0.05) is 12.1 Å². The van der Waals surface area contributed by atoms with Crippen LogP contribution >= 0.6 is 0 Å². The number of epoxide rings is 1. The van der Waals surface area contributed by atoms with Gasteiger partial charge >= 0.3 is 0 Å². The second-order valence-electron chi connectivity index (χ2n) is 9.64. The van der Waals surface area contributed by atoms with E-state index < -0.39 is 0 Å². The number of amides is 1. The van der Waals surface area contributed by atoms with Crippen molar-refractivity contribution in [3.8, 4) is 11.3 Å². The minimum absolute atomic E-state index is 0.0176. The molecule has 4 heterocycles. The Kier molecular flexibility index (Phi) is 4.80. The molecule has 1 aromatic heterocycles. The third kappa shape index (κ3) is 4.04. The number of ether oxygens (including phenoxy) is 1. The number of carbonyl (C=O) groups is 1. The number of aliphatic imine (C=N–C) groups is 1. The molecule has 0 radical (unpaired) electrons. The zero-order valence-corrected chi connectivity index (χ0v) is 19.3. The zero-order chi connectivity index (χ0) is 23.4. The first-order valence-electron chi connectivity index (χ1n) is 12.4. The van der Waals surface area contributed by atoms with Gasteiger partial charge in [-0.2, -0.15) is 0 Å². The minimum atomic E-state index is 0.0176. The molecule has 1 saturated carbocycles. The highest BCUT2D eigenvalue weighted by molar-refractivity contribution is 5.95. The van der Waals surface area contributed by atoms with Crippen molar-refractivity contribution < 1.29 is 9.53 Å². The number of nitrogens with one attached hydrogen (secondary N) is 2. The third-order valence-electron chi connectivity index (χ3n) is 7.03. The molecule has 8 nitrogen and oxygen atoms in total. The summed E-state index contributed by atoms with van der Waals surface area (Å²) in [5.41, 5.74) is 5.34. The van der Waals surface area contributed by atoms with E-state index in [2.05, 4.69) is 33.8 Å². The molecule has 35 heavy (non-hydrogen) atoms. The van der Waals surface area contributed by atoms with Crippen LogP contribution in [-0.2, 0) is 4.74 Å². The number of rotatable bonds is 5. The second kappa shape index (κ2) is 8.16. The first-order valence-corrected chi connectivity index (χ1v) is 12.4. The summed E-state index contributed by atoms with van der Waals surface area (Å²) in [6.45, 7) is 1.66. The van der Waals surface area contributed by atoms with E-state index in [1.807, 2.05) is 35.2 Å². The lowest BCUT2D eigenvalue weighted by atomic mass is 10.0. The van der Waals surface area contributed by atoms with E-state index in [9.17, 15) is 4.79 Å². The van der Waals surface area contributed by atoms with E-state index in [0.29, 0.717) is 17.4 Å². The molecule has 4 aliphatic rings. The van der Waals surface area contributed by atoms with Crippen molar-refractivity contribution in [2.75, 3.05) is 18.4 Å². The number of benzene rings is 2. The lowest BCUT2D eigenvalue weighted by Gasteiger charge is -2.16. The van der Waals surface area contributed by atoms with Gasteiger partial charge in [0.05, 0.1) is 11.4 Å². The summed E-state index contributed by atoms with van der Waals surface area (Å²) in [7, 11) is 0. The average molecular weight is 467 g/mol. The summed E-state index contributed by atoms with van der Waals surface area (Å²) >= 11 is 0. The Morgan fingerprint density at radius 2 is 1.97 bits per heavy atom. The van der Waals surface area contributed by atoms with Gasteiger partial charge in [0.2, 0.25) is 5.95 Å². The van der Waals surface area contributed by atoms with E-state index in [1.54, 1.807) is 6.20 Å². The topological polar surface area (TPSA) is 95.0 Å². The fourth-order valence-corrected chi connectivity index (χ4v) is 4.92. The smallest absolute Gasteiger partial charge is 0.253 e. The van der Waals surface area contributed by atoms with Gasteiger partial charge in [0.15, 0.2) is 6.23 Å². The molecule has 7 rings (SSSR count). The Labute approximate surface area is 203 Å². The highest BCUT2D eigenvalue weighted by Crippen LogP contribution is 2.46. The van der Waals surface area contributed by atoms with Gasteiger partial charge in [-0.15, -0.1) is 0 Å². The number of hydrogen-bond donors (Lipinski definition) is 2. The first-order chi connectivity index (χ1) is 17.2. The van der Waals surface area contributed by atoms with E-state index in [0.717, 1.165) is 60.0 Å². The number of fused-ring (bicyclic) bond motifs is 3. The molecule has 2 unspecified atom stereocenters. The number of anilines is 2. The van der Waals surface area contributed by atoms with Crippen molar-refractivity contribution in [3.05, 3.63) is 65.9 Å². The minimum Gasteiger partial charge on any atom is -0.346 e. The Hall–Kier alpha value is -3.78. The molecule has 2 aromatic carbocycles. The number of likely N-dealkylation sites (tertiary alicyclic amines) is 1. The van der Waals surface area contributed by atoms with Crippen molar-refractivity contribution in [2.45, 2.75) is 38.0 Å². The molecule has 0 bridgehead atoms. The number of hydrogen-bond acceptors (Lipinski definition) is 7. The van der Waals surface area contributed by atoms with Crippen LogP contribution in [0.3, 0.4) is 0 Å². The van der Waals surface area contributed by atoms with Crippen LogP contribution in [0.15, 0.2) is 59.7 Å². The van der Waals surface area contributed by atoms with Crippen LogP contribution in [0.5, 0.6) is 0 Å². The molecule has 3 aliphatic heterocycles. The average Bonchev–Trinajstić information content (AvgIpc) is 3.80. The third-order valence-corrected chi connectivity index (χ3v) is 7.03. The van der Waals surface area contributed by atoms with Crippen molar-refractivity contribution in [3.63, 3.8) is 0 Å². The molecule has 176 valence electrons. The van der Waals surface area contributed by atoms with Gasteiger partial charge in [-0.25, -0.2) is 15.0 Å². The zero-order valence-electron chi connectivity index (χ0n) is 19.3. The SMILES string of the molecule is O=C(c1cccc(Nc2nccc(-c3ccc4c(c3)C3OC3NC(C3CC3)=N4)n2)c1)N1CCCC1. The predicted octanol–water partition coefficient (Wildman–Crippen LogP) is 4.56. The highest BCUT2D eigenvalue weighted by atomic mass is 16.6. The van der Waals surface area contributed by atoms with Gasteiger partial charge < -0.3 is 20.3 Å². The van der Waals surface area contributed by atoms with Crippen LogP contribution in [-0.4, -0.2) is 45.9 Å². The Bertz CT molecular complexity index is 1350. The molecule has 2 saturated heterocycles. The number of nitrogens with zero attached hydrogens (tertiary/aromatic N) is 4. The van der Waals surface area contributed by atoms with Crippen LogP contribution in [0.2, 0.25) is 0 Å². The lowest BCUT2D eigenvalue weighted by Crippen LogP contribution is -2.27. The van der Waals surface area contributed by atoms with Crippen LogP contribution < -0.4 is 10.6 Å². The van der Waals surface area contributed by atoms with Crippen molar-refractivity contribution >= 4 is 29.1 Å². The molecule has 1 aliphatic carbocycles. The fourth-order valence-electron chi connectivity index (χ4n) is 4.92. The van der Waals surface area contributed by atoms with Crippen molar-refractivity contribution in [2.24, 2.45) is 10.9 Å². The standard InChI is InChI=1S/C27H26N6O2/c34-26(33-12-1-2-13-33)18-4-3-5-19(14-18)29-27-28-11-10-21(31-27)17-8-9-22-20(15-17)23-25(35-23)32-24(30-22)16-6-7-16/h3-5,8-11,14-16,23,25H,1-2,6-7,12-13H2,(H,30,32)(H,28,29,31). The normalized spacial score (nSPS) is 22.4. The fraction of sp³-hybridized carbons (Fsp3) is 0.333. The first kappa shape index (κ1) is 20.6. The molecule has 3 aromatic rings. The summed E-state index contributed by atoms with van der Waals surface area (Å²) < 4.78 is 5.89. The maximum atomic E-state index is 12.8. The summed E-state index contributed by atoms with van der Waals surface area (Å²) in [5.74, 6) is 2.17. The van der Waals surface area contributed by atoms with Crippen LogP contribution in [0.25, 0.3) is 11.3 Å². The molecular weight excluding hydrogens is 440 g/mol.